The number of benzene rings is 2. The predicted octanol–water partition coefficient (Wildman–Crippen LogP) is 4.22. The Morgan fingerprint density at radius 2 is 1.79 bits per heavy atom. The van der Waals surface area contributed by atoms with Gasteiger partial charge >= 0.3 is 0 Å². The molecule has 0 atom stereocenters. The molecule has 2 rings (SSSR count). The van der Waals surface area contributed by atoms with E-state index in [1.54, 1.807) is 24.3 Å². The maximum absolute atomic E-state index is 12.0. The van der Waals surface area contributed by atoms with Gasteiger partial charge in [-0.25, -0.2) is 0 Å². The molecule has 0 saturated carbocycles. The summed E-state index contributed by atoms with van der Waals surface area (Å²) in [4.78, 5) is 12.0. The van der Waals surface area contributed by atoms with Crippen molar-refractivity contribution in [1.29, 1.82) is 5.26 Å². The second-order valence-electron chi connectivity index (χ2n) is 3.91. The maximum atomic E-state index is 12.0. The van der Waals surface area contributed by atoms with Gasteiger partial charge in [-0.05, 0) is 35.9 Å². The Kier molecular flexibility index (Phi) is 4.27. The molecule has 0 aromatic heterocycles. The monoisotopic (exact) mass is 311 g/mol. The largest absolute Gasteiger partial charge is 0.289 e. The van der Waals surface area contributed by atoms with Crippen molar-refractivity contribution in [2.75, 3.05) is 0 Å². The van der Waals surface area contributed by atoms with Crippen LogP contribution in [-0.4, -0.2) is 5.78 Å². The Bertz CT molecular complexity index is 666. The zero-order chi connectivity index (χ0) is 13.7. The van der Waals surface area contributed by atoms with Gasteiger partial charge in [-0.1, -0.05) is 46.3 Å². The highest BCUT2D eigenvalue weighted by atomic mass is 79.9. The van der Waals surface area contributed by atoms with Crippen molar-refractivity contribution in [3.63, 3.8) is 0 Å². The number of allylic oxidation sites excluding steroid dienone is 1. The van der Waals surface area contributed by atoms with Crippen LogP contribution in [0.1, 0.15) is 21.5 Å². The fourth-order valence-electron chi connectivity index (χ4n) is 1.59. The molecule has 0 unspecified atom stereocenters. The van der Waals surface area contributed by atoms with Crippen LogP contribution in [0.3, 0.4) is 0 Å². The van der Waals surface area contributed by atoms with Crippen LogP contribution in [-0.2, 0) is 0 Å². The van der Waals surface area contributed by atoms with Crippen LogP contribution in [0.5, 0.6) is 0 Å². The van der Waals surface area contributed by atoms with Gasteiger partial charge in [-0.15, -0.1) is 0 Å². The van der Waals surface area contributed by atoms with Crippen LogP contribution in [0.15, 0.2) is 59.1 Å². The lowest BCUT2D eigenvalue weighted by atomic mass is 10.1. The van der Waals surface area contributed by atoms with Crippen LogP contribution < -0.4 is 0 Å². The molecule has 0 heterocycles. The van der Waals surface area contributed by atoms with Gasteiger partial charge in [-0.3, -0.25) is 4.79 Å². The quantitative estimate of drug-likeness (QED) is 0.629. The Labute approximate surface area is 120 Å². The molecule has 0 aliphatic heterocycles. The van der Waals surface area contributed by atoms with Crippen molar-refractivity contribution in [2.24, 2.45) is 0 Å². The fourth-order valence-corrected chi connectivity index (χ4v) is 2.07. The number of rotatable bonds is 3. The second-order valence-corrected chi connectivity index (χ2v) is 4.77. The summed E-state index contributed by atoms with van der Waals surface area (Å²) in [6.07, 6.45) is 3.27. The summed E-state index contributed by atoms with van der Waals surface area (Å²) in [5.41, 5.74) is 2.13. The Morgan fingerprint density at radius 3 is 2.42 bits per heavy atom. The van der Waals surface area contributed by atoms with Crippen LogP contribution in [0.4, 0.5) is 0 Å². The van der Waals surface area contributed by atoms with Gasteiger partial charge < -0.3 is 0 Å². The van der Waals surface area contributed by atoms with E-state index in [-0.39, 0.29) is 5.78 Å². The first kappa shape index (κ1) is 13.3. The highest BCUT2D eigenvalue weighted by Crippen LogP contribution is 2.17. The zero-order valence-electron chi connectivity index (χ0n) is 10.0. The van der Waals surface area contributed by atoms with Crippen LogP contribution in [0.25, 0.3) is 6.08 Å². The fraction of sp³-hybridized carbons (Fsp3) is 0. The van der Waals surface area contributed by atoms with E-state index < -0.39 is 0 Å². The molecule has 19 heavy (non-hydrogen) atoms. The lowest BCUT2D eigenvalue weighted by Gasteiger charge is -1.99. The third kappa shape index (κ3) is 3.40. The minimum absolute atomic E-state index is 0.0585. The molecule has 0 aliphatic rings. The van der Waals surface area contributed by atoms with E-state index in [1.165, 1.54) is 6.08 Å². The van der Waals surface area contributed by atoms with E-state index in [9.17, 15) is 4.79 Å². The van der Waals surface area contributed by atoms with Crippen molar-refractivity contribution in [2.45, 2.75) is 0 Å². The van der Waals surface area contributed by atoms with Crippen LogP contribution in [0, 0.1) is 11.3 Å². The molecule has 2 aromatic carbocycles. The first-order valence-corrected chi connectivity index (χ1v) is 6.47. The number of hydrogen-bond acceptors (Lipinski definition) is 2. The third-order valence-electron chi connectivity index (χ3n) is 2.61. The topological polar surface area (TPSA) is 40.9 Å². The lowest BCUT2D eigenvalue weighted by Crippen LogP contribution is -1.94. The number of carbonyl (C=O) groups excluding carboxylic acids is 1. The summed E-state index contributed by atoms with van der Waals surface area (Å²) in [6, 6.07) is 16.4. The van der Waals surface area contributed by atoms with Gasteiger partial charge in [0.05, 0.1) is 11.6 Å². The third-order valence-corrected chi connectivity index (χ3v) is 3.30. The molecule has 0 N–H and O–H groups in total. The number of ketones is 1. The molecule has 2 nitrogen and oxygen atoms in total. The molecule has 92 valence electrons. The number of nitriles is 1. The van der Waals surface area contributed by atoms with Crippen molar-refractivity contribution < 1.29 is 4.79 Å². The van der Waals surface area contributed by atoms with Gasteiger partial charge in [0, 0.05) is 10.0 Å². The number of halogens is 1. The molecule has 2 aromatic rings. The molecule has 3 heteroatoms. The molecule has 0 amide bonds. The van der Waals surface area contributed by atoms with Gasteiger partial charge in [0.2, 0.25) is 0 Å². The van der Waals surface area contributed by atoms with Crippen molar-refractivity contribution in [3.05, 3.63) is 75.8 Å². The van der Waals surface area contributed by atoms with E-state index >= 15 is 0 Å². The van der Waals surface area contributed by atoms with Crippen LogP contribution in [0.2, 0.25) is 0 Å². The van der Waals surface area contributed by atoms with E-state index in [0.29, 0.717) is 11.1 Å². The lowest BCUT2D eigenvalue weighted by molar-refractivity contribution is 0.104. The standard InChI is InChI=1S/C16H10BrNO/c17-15-4-2-1-3-14(15)16(19)10-9-12-5-7-13(11-18)8-6-12/h1-10H. The maximum Gasteiger partial charge on any atom is 0.186 e. The highest BCUT2D eigenvalue weighted by Gasteiger charge is 2.05. The molecule has 0 bridgehead atoms. The smallest absolute Gasteiger partial charge is 0.186 e. The summed E-state index contributed by atoms with van der Waals surface area (Å²) in [5.74, 6) is -0.0585. The molecular weight excluding hydrogens is 302 g/mol. The SMILES string of the molecule is N#Cc1ccc(C=CC(=O)c2ccccc2Br)cc1. The van der Waals surface area contributed by atoms with E-state index in [0.717, 1.165) is 10.0 Å². The van der Waals surface area contributed by atoms with Gasteiger partial charge in [0.15, 0.2) is 5.78 Å². The minimum atomic E-state index is -0.0585. The molecular formula is C16H10BrNO. The van der Waals surface area contributed by atoms with Gasteiger partial charge in [-0.2, -0.15) is 5.26 Å². The summed E-state index contributed by atoms with van der Waals surface area (Å²) < 4.78 is 0.782. The average Bonchev–Trinajstić information content (AvgIpc) is 2.46. The van der Waals surface area contributed by atoms with Gasteiger partial charge in [0.25, 0.3) is 0 Å². The predicted molar refractivity (Wildman–Crippen MR) is 78.7 cm³/mol. The second kappa shape index (κ2) is 6.12. The zero-order valence-corrected chi connectivity index (χ0v) is 11.6. The Hall–Kier alpha value is -2.18. The van der Waals surface area contributed by atoms with Gasteiger partial charge in [0.1, 0.15) is 0 Å². The van der Waals surface area contributed by atoms with Crippen molar-refractivity contribution in [3.8, 4) is 6.07 Å². The first-order valence-electron chi connectivity index (χ1n) is 5.68. The summed E-state index contributed by atoms with van der Waals surface area (Å²) in [6.45, 7) is 0. The summed E-state index contributed by atoms with van der Waals surface area (Å²) >= 11 is 3.35. The van der Waals surface area contributed by atoms with Crippen LogP contribution >= 0.6 is 15.9 Å². The van der Waals surface area contributed by atoms with E-state index in [4.69, 9.17) is 5.26 Å². The molecule has 0 aliphatic carbocycles. The Balaban J connectivity index is 2.16. The normalized spacial score (nSPS) is 10.3. The van der Waals surface area contributed by atoms with Crippen molar-refractivity contribution >= 4 is 27.8 Å². The summed E-state index contributed by atoms with van der Waals surface area (Å²) in [5, 5.41) is 8.70. The van der Waals surface area contributed by atoms with E-state index in [2.05, 4.69) is 22.0 Å². The molecule has 0 saturated heterocycles. The Morgan fingerprint density at radius 1 is 1.11 bits per heavy atom. The van der Waals surface area contributed by atoms with E-state index in [1.807, 2.05) is 30.3 Å². The minimum Gasteiger partial charge on any atom is -0.289 e. The number of carbonyl (C=O) groups is 1. The first-order chi connectivity index (χ1) is 9.20. The highest BCUT2D eigenvalue weighted by molar-refractivity contribution is 9.10. The molecule has 0 spiro atoms. The number of hydrogen-bond donors (Lipinski definition) is 0. The number of nitrogens with zero attached hydrogens (tertiary/aromatic N) is 1. The average molecular weight is 312 g/mol. The summed E-state index contributed by atoms with van der Waals surface area (Å²) in [7, 11) is 0. The van der Waals surface area contributed by atoms with Crippen molar-refractivity contribution in [1.82, 2.24) is 0 Å². The molecule has 0 fully saturated rings. The molecule has 0 radical (unpaired) electrons.